The molecule has 0 aromatic heterocycles. The number of aldehydes is 1. The van der Waals surface area contributed by atoms with Gasteiger partial charge in [-0.05, 0) is 11.5 Å². The third kappa shape index (κ3) is 3.42. The molecule has 0 atom stereocenters. The summed E-state index contributed by atoms with van der Waals surface area (Å²) in [5, 5.41) is 13.0. The number of hydrogen-bond acceptors (Lipinski definition) is 1. The minimum atomic E-state index is 0.100. The van der Waals surface area contributed by atoms with Gasteiger partial charge in [0.2, 0.25) is 0 Å². The van der Waals surface area contributed by atoms with Crippen LogP contribution < -0.4 is 0 Å². The van der Waals surface area contributed by atoms with Crippen molar-refractivity contribution in [2.45, 2.75) is 0 Å². The van der Waals surface area contributed by atoms with Crippen LogP contribution in [0.4, 0.5) is 0 Å². The maximum atomic E-state index is 11.2. The molecule has 3 aromatic rings. The molecular formula is C17H13O2. The summed E-state index contributed by atoms with van der Waals surface area (Å²) in [5.74, 6) is 0.100. The average Bonchev–Trinajstić information content (AvgIpc) is 2.49. The zero-order valence-electron chi connectivity index (χ0n) is 10.3. The van der Waals surface area contributed by atoms with E-state index in [4.69, 9.17) is 0 Å². The van der Waals surface area contributed by atoms with Crippen LogP contribution in [0.5, 0.6) is 5.75 Å². The Hall–Kier alpha value is -2.61. The molecule has 93 valence electrons. The van der Waals surface area contributed by atoms with Crippen molar-refractivity contribution in [1.82, 2.24) is 0 Å². The molecule has 2 heteroatoms. The quantitative estimate of drug-likeness (QED) is 0.586. The molecule has 0 aliphatic carbocycles. The van der Waals surface area contributed by atoms with Crippen molar-refractivity contribution >= 4 is 17.1 Å². The van der Waals surface area contributed by atoms with Crippen LogP contribution in [0.15, 0.2) is 72.8 Å². The van der Waals surface area contributed by atoms with E-state index >= 15 is 0 Å². The first-order chi connectivity index (χ1) is 9.31. The Kier molecular flexibility index (Phi) is 4.29. The first-order valence-corrected chi connectivity index (χ1v) is 5.96. The van der Waals surface area contributed by atoms with E-state index in [2.05, 4.69) is 0 Å². The van der Waals surface area contributed by atoms with E-state index in [1.54, 1.807) is 24.3 Å². The summed E-state index contributed by atoms with van der Waals surface area (Å²) in [4.78, 5) is 10.0. The lowest BCUT2D eigenvalue weighted by Crippen LogP contribution is -1.73. The van der Waals surface area contributed by atoms with Gasteiger partial charge in [-0.2, -0.15) is 0 Å². The zero-order chi connectivity index (χ0) is 13.5. The van der Waals surface area contributed by atoms with Gasteiger partial charge >= 0.3 is 0 Å². The van der Waals surface area contributed by atoms with Crippen LogP contribution in [-0.2, 0) is 5.11 Å². The molecule has 0 saturated carbocycles. The number of rotatable bonds is 1. The van der Waals surface area contributed by atoms with E-state index in [-0.39, 0.29) is 5.75 Å². The summed E-state index contributed by atoms with van der Waals surface area (Å²) in [6.07, 6.45) is 0.833. The summed E-state index contributed by atoms with van der Waals surface area (Å²) in [6, 6.07) is 22.0. The van der Waals surface area contributed by atoms with E-state index in [0.29, 0.717) is 0 Å². The lowest BCUT2D eigenvalue weighted by Gasteiger charge is -1.95. The Morgan fingerprint density at radius 1 is 0.684 bits per heavy atom. The highest BCUT2D eigenvalue weighted by Crippen LogP contribution is 2.23. The SMILES string of the molecule is O=Cc1ccccc1.[O]c1cccc2ccccc12. The van der Waals surface area contributed by atoms with E-state index in [1.165, 1.54) is 0 Å². The molecule has 0 bridgehead atoms. The fraction of sp³-hybridized carbons (Fsp3) is 0. The summed E-state index contributed by atoms with van der Waals surface area (Å²) in [7, 11) is 0. The largest absolute Gasteiger partial charge is 0.298 e. The van der Waals surface area contributed by atoms with Crippen LogP contribution >= 0.6 is 0 Å². The second-order valence-electron chi connectivity index (χ2n) is 4.01. The van der Waals surface area contributed by atoms with E-state index in [0.717, 1.165) is 22.6 Å². The second-order valence-corrected chi connectivity index (χ2v) is 4.01. The van der Waals surface area contributed by atoms with Crippen LogP contribution in [0.2, 0.25) is 0 Å². The van der Waals surface area contributed by atoms with Gasteiger partial charge in [0.25, 0.3) is 0 Å². The van der Waals surface area contributed by atoms with Crippen LogP contribution in [0.1, 0.15) is 10.4 Å². The number of fused-ring (bicyclic) bond motifs is 1. The smallest absolute Gasteiger partial charge is 0.186 e. The lowest BCUT2D eigenvalue weighted by atomic mass is 10.1. The van der Waals surface area contributed by atoms with Crippen molar-refractivity contribution in [2.24, 2.45) is 0 Å². The van der Waals surface area contributed by atoms with Crippen molar-refractivity contribution in [3.05, 3.63) is 78.4 Å². The fourth-order valence-electron chi connectivity index (χ4n) is 1.73. The molecule has 2 nitrogen and oxygen atoms in total. The van der Waals surface area contributed by atoms with E-state index < -0.39 is 0 Å². The first-order valence-electron chi connectivity index (χ1n) is 5.96. The van der Waals surface area contributed by atoms with Gasteiger partial charge in [0.05, 0.1) is 0 Å². The van der Waals surface area contributed by atoms with Crippen molar-refractivity contribution < 1.29 is 9.90 Å². The van der Waals surface area contributed by atoms with E-state index in [1.807, 2.05) is 48.5 Å². The molecule has 0 fully saturated rings. The Bertz CT molecular complexity index is 655. The van der Waals surface area contributed by atoms with Crippen LogP contribution in [0.25, 0.3) is 10.8 Å². The molecule has 0 aliphatic heterocycles. The van der Waals surface area contributed by atoms with Gasteiger partial charge in [-0.15, -0.1) is 0 Å². The minimum Gasteiger partial charge on any atom is -0.298 e. The summed E-state index contributed by atoms with van der Waals surface area (Å²) >= 11 is 0. The van der Waals surface area contributed by atoms with Gasteiger partial charge in [-0.3, -0.25) is 9.90 Å². The van der Waals surface area contributed by atoms with Crippen molar-refractivity contribution in [1.29, 1.82) is 0 Å². The molecule has 3 rings (SSSR count). The molecule has 0 N–H and O–H groups in total. The molecule has 0 amide bonds. The van der Waals surface area contributed by atoms with E-state index in [9.17, 15) is 9.90 Å². The molecule has 0 spiro atoms. The first kappa shape index (κ1) is 12.8. The molecule has 3 aromatic carbocycles. The Labute approximate surface area is 111 Å². The number of hydrogen-bond donors (Lipinski definition) is 0. The van der Waals surface area contributed by atoms with Gasteiger partial charge in [-0.25, -0.2) is 0 Å². The standard InChI is InChI=1S/C10H7O.C7H6O/c11-10-7-3-5-8-4-1-2-6-9(8)10;8-6-7-4-2-1-3-5-7/h1-7H;1-6H. The second kappa shape index (κ2) is 6.36. The fourth-order valence-corrected chi connectivity index (χ4v) is 1.73. The van der Waals surface area contributed by atoms with Crippen LogP contribution in [-0.4, -0.2) is 6.29 Å². The maximum Gasteiger partial charge on any atom is 0.186 e. The normalized spacial score (nSPS) is 9.47. The van der Waals surface area contributed by atoms with Crippen LogP contribution in [0, 0.1) is 0 Å². The number of carbonyl (C=O) groups is 1. The molecule has 19 heavy (non-hydrogen) atoms. The van der Waals surface area contributed by atoms with Crippen molar-refractivity contribution in [3.8, 4) is 5.75 Å². The molecule has 0 aliphatic rings. The predicted molar refractivity (Wildman–Crippen MR) is 75.9 cm³/mol. The van der Waals surface area contributed by atoms with Gasteiger partial charge in [0, 0.05) is 10.9 Å². The monoisotopic (exact) mass is 249 g/mol. The number of carbonyl (C=O) groups excluding carboxylic acids is 1. The molecule has 0 saturated heterocycles. The third-order valence-corrected chi connectivity index (χ3v) is 2.69. The van der Waals surface area contributed by atoms with Gasteiger partial charge in [-0.1, -0.05) is 66.7 Å². The highest BCUT2D eigenvalue weighted by Gasteiger charge is 1.96. The zero-order valence-corrected chi connectivity index (χ0v) is 10.3. The molecule has 1 radical (unpaired) electrons. The topological polar surface area (TPSA) is 37.0 Å². The molecule has 0 heterocycles. The predicted octanol–water partition coefficient (Wildman–Crippen LogP) is 4.48. The lowest BCUT2D eigenvalue weighted by molar-refractivity contribution is 0.112. The molecule has 0 unspecified atom stereocenters. The number of benzene rings is 3. The van der Waals surface area contributed by atoms with Crippen LogP contribution in [0.3, 0.4) is 0 Å². The minimum absolute atomic E-state index is 0.100. The van der Waals surface area contributed by atoms with Crippen molar-refractivity contribution in [2.75, 3.05) is 0 Å². The highest BCUT2D eigenvalue weighted by molar-refractivity contribution is 5.87. The summed E-state index contributed by atoms with van der Waals surface area (Å²) in [5.41, 5.74) is 0.729. The Morgan fingerprint density at radius 3 is 1.95 bits per heavy atom. The van der Waals surface area contributed by atoms with Gasteiger partial charge in [0.1, 0.15) is 6.29 Å². The highest BCUT2D eigenvalue weighted by atomic mass is 16.3. The average molecular weight is 249 g/mol. The third-order valence-electron chi connectivity index (χ3n) is 2.69. The Balaban J connectivity index is 0.000000148. The van der Waals surface area contributed by atoms with Gasteiger partial charge < -0.3 is 0 Å². The maximum absolute atomic E-state index is 11.2. The summed E-state index contributed by atoms with van der Waals surface area (Å²) in [6.45, 7) is 0. The van der Waals surface area contributed by atoms with Crippen molar-refractivity contribution in [3.63, 3.8) is 0 Å². The van der Waals surface area contributed by atoms with Gasteiger partial charge in [0.15, 0.2) is 5.75 Å². The Morgan fingerprint density at radius 2 is 1.32 bits per heavy atom. The summed E-state index contributed by atoms with van der Waals surface area (Å²) < 4.78 is 0. The molecular weight excluding hydrogens is 236 g/mol.